The summed E-state index contributed by atoms with van der Waals surface area (Å²) in [6.45, 7) is 4.29. The third-order valence-corrected chi connectivity index (χ3v) is 4.99. The summed E-state index contributed by atoms with van der Waals surface area (Å²) in [6.07, 6.45) is 4.42. The molecule has 0 saturated carbocycles. The van der Waals surface area contributed by atoms with Gasteiger partial charge in [0.15, 0.2) is 5.82 Å². The molecule has 3 heterocycles. The van der Waals surface area contributed by atoms with Crippen LogP contribution in [0.25, 0.3) is 0 Å². The van der Waals surface area contributed by atoms with Gasteiger partial charge in [-0.1, -0.05) is 29.8 Å². The molecular formula is C20H22ClN7. The highest BCUT2D eigenvalue weighted by Gasteiger charge is 2.19. The number of aromatic nitrogens is 4. The van der Waals surface area contributed by atoms with Crippen LogP contribution < -0.4 is 15.1 Å². The number of piperazine rings is 1. The van der Waals surface area contributed by atoms with E-state index in [0.29, 0.717) is 5.95 Å². The van der Waals surface area contributed by atoms with Gasteiger partial charge >= 0.3 is 0 Å². The summed E-state index contributed by atoms with van der Waals surface area (Å²) < 4.78 is 0. The van der Waals surface area contributed by atoms with Gasteiger partial charge in [-0.15, -0.1) is 5.10 Å². The van der Waals surface area contributed by atoms with Crippen LogP contribution in [0.2, 0.25) is 5.02 Å². The van der Waals surface area contributed by atoms with E-state index in [2.05, 4.69) is 35.3 Å². The number of benzene rings is 1. The second kappa shape index (κ2) is 8.84. The van der Waals surface area contributed by atoms with E-state index < -0.39 is 0 Å². The van der Waals surface area contributed by atoms with E-state index in [1.807, 2.05) is 48.7 Å². The van der Waals surface area contributed by atoms with E-state index in [-0.39, 0.29) is 0 Å². The van der Waals surface area contributed by atoms with E-state index in [0.717, 1.165) is 55.8 Å². The maximum atomic E-state index is 5.92. The van der Waals surface area contributed by atoms with E-state index in [9.17, 15) is 0 Å². The van der Waals surface area contributed by atoms with Gasteiger partial charge in [-0.05, 0) is 36.2 Å². The smallest absolute Gasteiger partial charge is 0.244 e. The van der Waals surface area contributed by atoms with Gasteiger partial charge in [-0.25, -0.2) is 4.98 Å². The third kappa shape index (κ3) is 4.67. The summed E-state index contributed by atoms with van der Waals surface area (Å²) in [5, 5.41) is 12.2. The highest BCUT2D eigenvalue weighted by Crippen LogP contribution is 2.17. The number of nitrogens with one attached hydrogen (secondary N) is 1. The lowest BCUT2D eigenvalue weighted by Crippen LogP contribution is -2.47. The lowest BCUT2D eigenvalue weighted by Gasteiger charge is -2.35. The summed E-state index contributed by atoms with van der Waals surface area (Å²) in [6, 6.07) is 13.9. The van der Waals surface area contributed by atoms with E-state index in [1.54, 1.807) is 6.20 Å². The fraction of sp³-hybridized carbons (Fsp3) is 0.300. The van der Waals surface area contributed by atoms with E-state index >= 15 is 0 Å². The molecule has 7 nitrogen and oxygen atoms in total. The Hall–Kier alpha value is -2.93. The van der Waals surface area contributed by atoms with E-state index in [1.165, 1.54) is 5.56 Å². The average molecular weight is 396 g/mol. The minimum absolute atomic E-state index is 0.554. The molecule has 0 unspecified atom stereocenters. The first-order valence-corrected chi connectivity index (χ1v) is 9.75. The second-order valence-electron chi connectivity index (χ2n) is 6.60. The SMILES string of the molecule is Clc1ccc(CCNc2nncc(N3CCN(c4ccccn4)CC3)n2)cc1. The first-order valence-electron chi connectivity index (χ1n) is 9.37. The number of nitrogens with zero attached hydrogens (tertiary/aromatic N) is 6. The number of rotatable bonds is 6. The van der Waals surface area contributed by atoms with Crippen LogP contribution in [0.4, 0.5) is 17.6 Å². The lowest BCUT2D eigenvalue weighted by molar-refractivity contribution is 0.639. The second-order valence-corrected chi connectivity index (χ2v) is 7.04. The standard InChI is InChI=1S/C20H22ClN7/c21-17-6-4-16(5-7-17)8-10-23-20-25-19(15-24-26-20)28-13-11-27(12-14-28)18-3-1-2-9-22-18/h1-7,9,15H,8,10-14H2,(H,23,25,26). The molecule has 1 saturated heterocycles. The first-order chi connectivity index (χ1) is 13.8. The molecule has 1 aliphatic heterocycles. The van der Waals surface area contributed by atoms with Crippen LogP contribution in [0, 0.1) is 0 Å². The highest BCUT2D eigenvalue weighted by molar-refractivity contribution is 6.30. The van der Waals surface area contributed by atoms with Crippen LogP contribution in [0.5, 0.6) is 0 Å². The maximum absolute atomic E-state index is 5.92. The average Bonchev–Trinajstić information content (AvgIpc) is 2.76. The Kier molecular flexibility index (Phi) is 5.82. The van der Waals surface area contributed by atoms with Gasteiger partial charge in [0.25, 0.3) is 0 Å². The van der Waals surface area contributed by atoms with Crippen LogP contribution in [0.15, 0.2) is 54.9 Å². The molecule has 144 valence electrons. The van der Waals surface area contributed by atoms with Crippen molar-refractivity contribution >= 4 is 29.2 Å². The van der Waals surface area contributed by atoms with Gasteiger partial charge in [-0.3, -0.25) is 0 Å². The summed E-state index contributed by atoms with van der Waals surface area (Å²) in [5.41, 5.74) is 1.21. The minimum Gasteiger partial charge on any atom is -0.353 e. The fourth-order valence-corrected chi connectivity index (χ4v) is 3.32. The highest BCUT2D eigenvalue weighted by atomic mass is 35.5. The summed E-state index contributed by atoms with van der Waals surface area (Å²) in [4.78, 5) is 13.6. The monoisotopic (exact) mass is 395 g/mol. The van der Waals surface area contributed by atoms with Gasteiger partial charge < -0.3 is 15.1 Å². The molecule has 0 bridgehead atoms. The first kappa shape index (κ1) is 18.4. The predicted molar refractivity (Wildman–Crippen MR) is 112 cm³/mol. The van der Waals surface area contributed by atoms with Crippen molar-refractivity contribution in [2.24, 2.45) is 0 Å². The molecule has 0 atom stereocenters. The zero-order chi connectivity index (χ0) is 19.2. The Morgan fingerprint density at radius 2 is 1.68 bits per heavy atom. The van der Waals surface area contributed by atoms with Crippen molar-refractivity contribution in [3.05, 3.63) is 65.4 Å². The van der Waals surface area contributed by atoms with Crippen molar-refractivity contribution in [2.45, 2.75) is 6.42 Å². The Bertz CT molecular complexity index is 881. The number of hydrogen-bond donors (Lipinski definition) is 1. The summed E-state index contributed by atoms with van der Waals surface area (Å²) >= 11 is 5.92. The van der Waals surface area contributed by atoms with Gasteiger partial charge in [0.2, 0.25) is 5.95 Å². The number of anilines is 3. The molecule has 1 fully saturated rings. The van der Waals surface area contributed by atoms with Crippen LogP contribution in [-0.4, -0.2) is 52.9 Å². The van der Waals surface area contributed by atoms with E-state index in [4.69, 9.17) is 11.6 Å². The third-order valence-electron chi connectivity index (χ3n) is 4.73. The molecule has 0 amide bonds. The Morgan fingerprint density at radius 1 is 0.929 bits per heavy atom. The molecule has 1 N–H and O–H groups in total. The summed E-state index contributed by atoms with van der Waals surface area (Å²) in [5.74, 6) is 2.43. The van der Waals surface area contributed by atoms with Crippen LogP contribution in [-0.2, 0) is 6.42 Å². The zero-order valence-electron chi connectivity index (χ0n) is 15.5. The molecule has 3 aromatic rings. The van der Waals surface area contributed by atoms with Gasteiger partial charge in [0.05, 0.1) is 6.20 Å². The summed E-state index contributed by atoms with van der Waals surface area (Å²) in [7, 11) is 0. The molecule has 2 aromatic heterocycles. The molecule has 4 rings (SSSR count). The van der Waals surface area contributed by atoms with Crippen LogP contribution in [0.1, 0.15) is 5.56 Å². The lowest BCUT2D eigenvalue weighted by atomic mass is 10.1. The largest absolute Gasteiger partial charge is 0.353 e. The maximum Gasteiger partial charge on any atom is 0.244 e. The van der Waals surface area contributed by atoms with Crippen LogP contribution in [0.3, 0.4) is 0 Å². The van der Waals surface area contributed by atoms with Gasteiger partial charge in [0.1, 0.15) is 5.82 Å². The Balaban J connectivity index is 1.31. The molecule has 8 heteroatoms. The molecule has 0 aliphatic carbocycles. The molecule has 0 radical (unpaired) electrons. The van der Waals surface area contributed by atoms with Gasteiger partial charge in [-0.2, -0.15) is 10.1 Å². The number of halogens is 1. The van der Waals surface area contributed by atoms with Crippen molar-refractivity contribution in [3.8, 4) is 0 Å². The number of hydrogen-bond acceptors (Lipinski definition) is 7. The molecule has 28 heavy (non-hydrogen) atoms. The molecular weight excluding hydrogens is 374 g/mol. The molecule has 1 aliphatic rings. The molecule has 0 spiro atoms. The van der Waals surface area contributed by atoms with Crippen molar-refractivity contribution < 1.29 is 0 Å². The zero-order valence-corrected chi connectivity index (χ0v) is 16.3. The topological polar surface area (TPSA) is 70.1 Å². The minimum atomic E-state index is 0.554. The van der Waals surface area contributed by atoms with Crippen molar-refractivity contribution in [1.82, 2.24) is 20.2 Å². The van der Waals surface area contributed by atoms with Crippen molar-refractivity contribution in [3.63, 3.8) is 0 Å². The normalized spacial score (nSPS) is 14.2. The number of pyridine rings is 1. The van der Waals surface area contributed by atoms with Crippen molar-refractivity contribution in [2.75, 3.05) is 47.8 Å². The Labute approximate surface area is 169 Å². The quantitative estimate of drug-likeness (QED) is 0.688. The van der Waals surface area contributed by atoms with Crippen LogP contribution >= 0.6 is 11.6 Å². The predicted octanol–water partition coefficient (Wildman–Crippen LogP) is 2.90. The molecule has 1 aromatic carbocycles. The Morgan fingerprint density at radius 3 is 2.39 bits per heavy atom. The fourth-order valence-electron chi connectivity index (χ4n) is 3.20. The van der Waals surface area contributed by atoms with Gasteiger partial charge in [0, 0.05) is 43.9 Å². The van der Waals surface area contributed by atoms with Crippen molar-refractivity contribution in [1.29, 1.82) is 0 Å².